The highest BCUT2D eigenvalue weighted by atomic mass is 32.2. The smallest absolute Gasteiger partial charge is 0.273 e. The molecule has 2 aromatic rings. The van der Waals surface area contributed by atoms with Crippen molar-refractivity contribution < 1.29 is 8.42 Å². The second kappa shape index (κ2) is 2.51. The molecular formula is C6H6N4O2S. The van der Waals surface area contributed by atoms with Crippen molar-refractivity contribution in [3.63, 3.8) is 0 Å². The molecule has 13 heavy (non-hydrogen) atoms. The van der Waals surface area contributed by atoms with Crippen LogP contribution in [0.15, 0.2) is 23.6 Å². The normalized spacial score (nSPS) is 12.1. The lowest BCUT2D eigenvalue weighted by Crippen LogP contribution is -2.15. The molecule has 6 nitrogen and oxygen atoms in total. The van der Waals surface area contributed by atoms with Gasteiger partial charge >= 0.3 is 0 Å². The first-order valence-electron chi connectivity index (χ1n) is 3.40. The van der Waals surface area contributed by atoms with Crippen LogP contribution < -0.4 is 5.14 Å². The maximum Gasteiger partial charge on any atom is 0.273 e. The third-order valence-electron chi connectivity index (χ3n) is 1.53. The minimum Gasteiger partial charge on any atom is -0.346 e. The summed E-state index contributed by atoms with van der Waals surface area (Å²) >= 11 is 0. The number of nitrogens with one attached hydrogen (secondary N) is 1. The van der Waals surface area contributed by atoms with Crippen molar-refractivity contribution in [1.29, 1.82) is 0 Å². The summed E-state index contributed by atoms with van der Waals surface area (Å²) < 4.78 is 21.7. The maximum atomic E-state index is 10.8. The molecule has 0 radical (unpaired) electrons. The number of H-pyrrole nitrogens is 1. The standard InChI is InChI=1S/C6H6N4O2S/c7-13(11,12)6-9-3-4-1-2-8-5(4)10-6/h1-3H,(H2,7,11,12)(H,8,9,10). The van der Waals surface area contributed by atoms with E-state index in [9.17, 15) is 8.42 Å². The topological polar surface area (TPSA) is 102 Å². The summed E-state index contributed by atoms with van der Waals surface area (Å²) in [6.07, 6.45) is 3.05. The van der Waals surface area contributed by atoms with Crippen LogP contribution in [0.25, 0.3) is 11.0 Å². The largest absolute Gasteiger partial charge is 0.346 e. The molecule has 0 saturated heterocycles. The molecular weight excluding hydrogens is 192 g/mol. The number of fused-ring (bicyclic) bond motifs is 1. The molecule has 0 spiro atoms. The van der Waals surface area contributed by atoms with E-state index in [0.29, 0.717) is 5.65 Å². The Labute approximate surface area is 73.9 Å². The average Bonchev–Trinajstić information content (AvgIpc) is 2.47. The summed E-state index contributed by atoms with van der Waals surface area (Å²) in [5, 5.41) is 5.22. The van der Waals surface area contributed by atoms with Crippen LogP contribution in [0.4, 0.5) is 0 Å². The van der Waals surface area contributed by atoms with E-state index in [1.54, 1.807) is 12.3 Å². The minimum atomic E-state index is -3.81. The van der Waals surface area contributed by atoms with E-state index in [-0.39, 0.29) is 5.16 Å². The quantitative estimate of drug-likeness (QED) is 0.609. The number of aromatic nitrogens is 3. The van der Waals surface area contributed by atoms with Crippen molar-refractivity contribution >= 4 is 21.1 Å². The van der Waals surface area contributed by atoms with Crippen LogP contribution in [0, 0.1) is 0 Å². The van der Waals surface area contributed by atoms with Gasteiger partial charge in [0, 0.05) is 17.8 Å². The highest BCUT2D eigenvalue weighted by Crippen LogP contribution is 2.09. The zero-order valence-corrected chi connectivity index (χ0v) is 7.25. The van der Waals surface area contributed by atoms with Crippen LogP contribution in [0.1, 0.15) is 0 Å². The number of nitrogens with two attached hydrogens (primary N) is 1. The zero-order chi connectivity index (χ0) is 9.47. The predicted octanol–water partition coefficient (Wildman–Crippen LogP) is -0.395. The molecule has 68 valence electrons. The monoisotopic (exact) mass is 198 g/mol. The van der Waals surface area contributed by atoms with E-state index in [4.69, 9.17) is 5.14 Å². The van der Waals surface area contributed by atoms with Crippen molar-refractivity contribution in [3.8, 4) is 0 Å². The van der Waals surface area contributed by atoms with Gasteiger partial charge < -0.3 is 4.98 Å². The summed E-state index contributed by atoms with van der Waals surface area (Å²) in [6.45, 7) is 0. The lowest BCUT2D eigenvalue weighted by Gasteiger charge is -1.94. The highest BCUT2D eigenvalue weighted by molar-refractivity contribution is 7.89. The molecule has 0 unspecified atom stereocenters. The maximum absolute atomic E-state index is 10.8. The van der Waals surface area contributed by atoms with Gasteiger partial charge in [0.25, 0.3) is 15.2 Å². The first-order valence-corrected chi connectivity index (χ1v) is 4.95. The molecule has 0 aliphatic rings. The van der Waals surface area contributed by atoms with Crippen LogP contribution in [0.5, 0.6) is 0 Å². The van der Waals surface area contributed by atoms with Crippen molar-refractivity contribution in [1.82, 2.24) is 15.0 Å². The van der Waals surface area contributed by atoms with Gasteiger partial charge in [-0.1, -0.05) is 0 Å². The fourth-order valence-electron chi connectivity index (χ4n) is 0.960. The van der Waals surface area contributed by atoms with E-state index in [1.807, 2.05) is 0 Å². The molecule has 0 atom stereocenters. The molecule has 2 rings (SSSR count). The number of sulfonamides is 1. The number of aromatic amines is 1. The molecule has 0 saturated carbocycles. The van der Waals surface area contributed by atoms with Gasteiger partial charge in [0.05, 0.1) is 0 Å². The highest BCUT2D eigenvalue weighted by Gasteiger charge is 2.11. The molecule has 7 heteroatoms. The third-order valence-corrected chi connectivity index (χ3v) is 2.24. The van der Waals surface area contributed by atoms with Gasteiger partial charge in [-0.25, -0.2) is 18.5 Å². The van der Waals surface area contributed by atoms with Gasteiger partial charge in [0.15, 0.2) is 0 Å². The van der Waals surface area contributed by atoms with Crippen LogP contribution in [-0.2, 0) is 10.0 Å². The Bertz CT molecular complexity index is 545. The Morgan fingerprint density at radius 1 is 1.46 bits per heavy atom. The van der Waals surface area contributed by atoms with Crippen molar-refractivity contribution in [2.75, 3.05) is 0 Å². The van der Waals surface area contributed by atoms with Crippen molar-refractivity contribution in [2.45, 2.75) is 5.16 Å². The van der Waals surface area contributed by atoms with Crippen molar-refractivity contribution in [3.05, 3.63) is 18.5 Å². The van der Waals surface area contributed by atoms with Gasteiger partial charge in [-0.3, -0.25) is 0 Å². The van der Waals surface area contributed by atoms with Crippen LogP contribution in [0.2, 0.25) is 0 Å². The zero-order valence-electron chi connectivity index (χ0n) is 6.43. The molecule has 2 aromatic heterocycles. The van der Waals surface area contributed by atoms with E-state index in [1.165, 1.54) is 6.20 Å². The summed E-state index contributed by atoms with van der Waals surface area (Å²) in [5.74, 6) is 0. The second-order valence-electron chi connectivity index (χ2n) is 2.48. The Balaban J connectivity index is 2.75. The number of primary sulfonamides is 1. The second-order valence-corrected chi connectivity index (χ2v) is 3.93. The summed E-state index contributed by atoms with van der Waals surface area (Å²) in [6, 6.07) is 1.74. The first kappa shape index (κ1) is 8.14. The molecule has 0 aliphatic heterocycles. The lowest BCUT2D eigenvalue weighted by atomic mass is 10.4. The van der Waals surface area contributed by atoms with E-state index in [2.05, 4.69) is 15.0 Å². The summed E-state index contributed by atoms with van der Waals surface area (Å²) in [5.41, 5.74) is 0.457. The van der Waals surface area contributed by atoms with Gasteiger partial charge in [-0.05, 0) is 6.07 Å². The molecule has 2 heterocycles. The number of rotatable bonds is 1. The van der Waals surface area contributed by atoms with Crippen LogP contribution in [-0.4, -0.2) is 23.4 Å². The fraction of sp³-hybridized carbons (Fsp3) is 0. The Morgan fingerprint density at radius 3 is 2.92 bits per heavy atom. The van der Waals surface area contributed by atoms with Gasteiger partial charge in [-0.2, -0.15) is 4.98 Å². The van der Waals surface area contributed by atoms with E-state index in [0.717, 1.165) is 5.39 Å². The van der Waals surface area contributed by atoms with E-state index < -0.39 is 10.0 Å². The molecule has 0 amide bonds. The molecule has 0 aliphatic carbocycles. The van der Waals surface area contributed by atoms with Crippen molar-refractivity contribution in [2.24, 2.45) is 5.14 Å². The Kier molecular flexibility index (Phi) is 1.57. The van der Waals surface area contributed by atoms with Gasteiger partial charge in [0.1, 0.15) is 5.65 Å². The lowest BCUT2D eigenvalue weighted by molar-refractivity contribution is 0.589. The minimum absolute atomic E-state index is 0.373. The molecule has 0 bridgehead atoms. The first-order chi connectivity index (χ1) is 6.07. The molecule has 0 fully saturated rings. The van der Waals surface area contributed by atoms with Gasteiger partial charge in [0.2, 0.25) is 0 Å². The Hall–Kier alpha value is -1.47. The SMILES string of the molecule is NS(=O)(=O)c1ncc2cc[nH]c2n1. The molecule has 0 aromatic carbocycles. The van der Waals surface area contributed by atoms with Crippen LogP contribution >= 0.6 is 0 Å². The molecule has 3 N–H and O–H groups in total. The fourth-order valence-corrected chi connectivity index (χ4v) is 1.38. The summed E-state index contributed by atoms with van der Waals surface area (Å²) in [7, 11) is -3.81. The number of hydrogen-bond donors (Lipinski definition) is 2. The summed E-state index contributed by atoms with van der Waals surface area (Å²) in [4.78, 5) is 10.1. The van der Waals surface area contributed by atoms with Crippen LogP contribution in [0.3, 0.4) is 0 Å². The van der Waals surface area contributed by atoms with E-state index >= 15 is 0 Å². The number of nitrogens with zero attached hydrogens (tertiary/aromatic N) is 2. The average molecular weight is 198 g/mol. The number of hydrogen-bond acceptors (Lipinski definition) is 4. The predicted molar refractivity (Wildman–Crippen MR) is 45.3 cm³/mol. The van der Waals surface area contributed by atoms with Gasteiger partial charge in [-0.15, -0.1) is 0 Å². The third kappa shape index (κ3) is 1.38. The Morgan fingerprint density at radius 2 is 2.23 bits per heavy atom.